The van der Waals surface area contributed by atoms with E-state index in [0.717, 1.165) is 4.47 Å². The topological polar surface area (TPSA) is 81.5 Å². The zero-order valence-corrected chi connectivity index (χ0v) is 12.6. The second-order valence-electron chi connectivity index (χ2n) is 4.10. The van der Waals surface area contributed by atoms with Crippen LogP contribution in [0.4, 0.5) is 11.4 Å². The minimum atomic E-state index is -0.515. The molecule has 0 spiro atoms. The number of benzene rings is 2. The van der Waals surface area contributed by atoms with Crippen molar-refractivity contribution in [3.63, 3.8) is 0 Å². The van der Waals surface area contributed by atoms with E-state index < -0.39 is 4.92 Å². The van der Waals surface area contributed by atoms with Gasteiger partial charge in [-0.05, 0) is 30.3 Å². The fourth-order valence-electron chi connectivity index (χ4n) is 1.71. The molecule has 2 rings (SSSR count). The van der Waals surface area contributed by atoms with Crippen molar-refractivity contribution in [3.05, 3.63) is 62.6 Å². The van der Waals surface area contributed by atoms with Gasteiger partial charge in [0.25, 0.3) is 11.6 Å². The molecule has 0 fully saturated rings. The molecule has 1 N–H and O–H groups in total. The number of halogens is 1. The standard InChI is InChI=1S/C14H11BrN2O4/c1-21-13-7-4-10(15)8-12(13)16-14(18)9-2-5-11(6-3-9)17(19)20/h2-8H,1H3,(H,16,18). The molecule has 0 aliphatic heterocycles. The molecule has 6 nitrogen and oxygen atoms in total. The second kappa shape index (κ2) is 6.36. The molecule has 0 atom stereocenters. The number of nitro groups is 1. The van der Waals surface area contributed by atoms with Crippen molar-refractivity contribution in [3.8, 4) is 5.75 Å². The van der Waals surface area contributed by atoms with E-state index in [-0.39, 0.29) is 11.6 Å². The average Bonchev–Trinajstić information content (AvgIpc) is 2.47. The number of non-ortho nitro benzene ring substituents is 1. The van der Waals surface area contributed by atoms with Crippen LogP contribution in [0.3, 0.4) is 0 Å². The SMILES string of the molecule is COc1ccc(Br)cc1NC(=O)c1ccc([N+](=O)[O-])cc1. The number of hydrogen-bond acceptors (Lipinski definition) is 4. The summed E-state index contributed by atoms with van der Waals surface area (Å²) in [7, 11) is 1.50. The van der Waals surface area contributed by atoms with Gasteiger partial charge in [0.1, 0.15) is 5.75 Å². The van der Waals surface area contributed by atoms with Crippen LogP contribution in [0.2, 0.25) is 0 Å². The molecule has 0 aliphatic rings. The molecule has 2 aromatic rings. The number of carbonyl (C=O) groups is 1. The number of amides is 1. The van der Waals surface area contributed by atoms with E-state index in [1.165, 1.54) is 31.4 Å². The first-order chi connectivity index (χ1) is 10.0. The van der Waals surface area contributed by atoms with E-state index >= 15 is 0 Å². The summed E-state index contributed by atoms with van der Waals surface area (Å²) in [5.74, 6) is 0.148. The first-order valence-electron chi connectivity index (χ1n) is 5.90. The summed E-state index contributed by atoms with van der Waals surface area (Å²) < 4.78 is 5.96. The summed E-state index contributed by atoms with van der Waals surface area (Å²) in [6.45, 7) is 0. The van der Waals surface area contributed by atoms with Crippen LogP contribution in [0.1, 0.15) is 10.4 Å². The molecule has 0 aromatic heterocycles. The fourth-order valence-corrected chi connectivity index (χ4v) is 2.07. The largest absolute Gasteiger partial charge is 0.495 e. The van der Waals surface area contributed by atoms with Crippen LogP contribution in [0.15, 0.2) is 46.9 Å². The Labute approximate surface area is 129 Å². The first kappa shape index (κ1) is 15.0. The number of rotatable bonds is 4. The van der Waals surface area contributed by atoms with Crippen LogP contribution in [0, 0.1) is 10.1 Å². The summed E-state index contributed by atoms with van der Waals surface area (Å²) >= 11 is 3.32. The van der Waals surface area contributed by atoms with Gasteiger partial charge in [0.15, 0.2) is 0 Å². The second-order valence-corrected chi connectivity index (χ2v) is 5.02. The van der Waals surface area contributed by atoms with Crippen LogP contribution in [-0.2, 0) is 0 Å². The maximum absolute atomic E-state index is 12.1. The van der Waals surface area contributed by atoms with Crippen LogP contribution in [0.5, 0.6) is 5.75 Å². The van der Waals surface area contributed by atoms with E-state index in [9.17, 15) is 14.9 Å². The lowest BCUT2D eigenvalue weighted by Gasteiger charge is -2.10. The molecule has 108 valence electrons. The molecular formula is C14H11BrN2O4. The first-order valence-corrected chi connectivity index (χ1v) is 6.70. The molecule has 0 bridgehead atoms. The Morgan fingerprint density at radius 3 is 2.48 bits per heavy atom. The number of carbonyl (C=O) groups excluding carboxylic acids is 1. The molecule has 1 amide bonds. The predicted octanol–water partition coefficient (Wildman–Crippen LogP) is 3.62. The Morgan fingerprint density at radius 1 is 1.24 bits per heavy atom. The van der Waals surface area contributed by atoms with Crippen molar-refractivity contribution in [1.82, 2.24) is 0 Å². The zero-order valence-electron chi connectivity index (χ0n) is 11.0. The zero-order chi connectivity index (χ0) is 15.4. The van der Waals surface area contributed by atoms with E-state index in [1.807, 2.05) is 0 Å². The summed E-state index contributed by atoms with van der Waals surface area (Å²) in [6, 6.07) is 10.6. The van der Waals surface area contributed by atoms with Gasteiger partial charge >= 0.3 is 0 Å². The average molecular weight is 351 g/mol. The van der Waals surface area contributed by atoms with E-state index in [4.69, 9.17) is 4.74 Å². The van der Waals surface area contributed by atoms with Crippen LogP contribution >= 0.6 is 15.9 Å². The molecule has 21 heavy (non-hydrogen) atoms. The lowest BCUT2D eigenvalue weighted by Crippen LogP contribution is -2.12. The van der Waals surface area contributed by atoms with Crippen LogP contribution in [0.25, 0.3) is 0 Å². The highest BCUT2D eigenvalue weighted by Gasteiger charge is 2.12. The van der Waals surface area contributed by atoms with Gasteiger partial charge in [0, 0.05) is 22.2 Å². The van der Waals surface area contributed by atoms with Gasteiger partial charge in [-0.3, -0.25) is 14.9 Å². The van der Waals surface area contributed by atoms with Crippen LogP contribution < -0.4 is 10.1 Å². The monoisotopic (exact) mass is 350 g/mol. The van der Waals surface area contributed by atoms with Crippen molar-refractivity contribution in [1.29, 1.82) is 0 Å². The molecule has 0 saturated carbocycles. The summed E-state index contributed by atoms with van der Waals surface area (Å²) in [5.41, 5.74) is 0.768. The maximum Gasteiger partial charge on any atom is 0.269 e. The van der Waals surface area contributed by atoms with Crippen molar-refractivity contribution < 1.29 is 14.5 Å². The van der Waals surface area contributed by atoms with Crippen molar-refractivity contribution >= 4 is 33.2 Å². The molecule has 7 heteroatoms. The van der Waals surface area contributed by atoms with Gasteiger partial charge in [0.05, 0.1) is 17.7 Å². The summed E-state index contributed by atoms with van der Waals surface area (Å²) in [4.78, 5) is 22.2. The van der Waals surface area contributed by atoms with Crippen molar-refractivity contribution in [2.45, 2.75) is 0 Å². The highest BCUT2D eigenvalue weighted by molar-refractivity contribution is 9.10. The fraction of sp³-hybridized carbons (Fsp3) is 0.0714. The number of hydrogen-bond donors (Lipinski definition) is 1. The highest BCUT2D eigenvalue weighted by Crippen LogP contribution is 2.28. The molecule has 2 aromatic carbocycles. The van der Waals surface area contributed by atoms with E-state index in [1.54, 1.807) is 18.2 Å². The molecule has 0 aliphatic carbocycles. The highest BCUT2D eigenvalue weighted by atomic mass is 79.9. The number of nitrogens with one attached hydrogen (secondary N) is 1. The Kier molecular flexibility index (Phi) is 4.54. The van der Waals surface area contributed by atoms with Gasteiger partial charge in [-0.2, -0.15) is 0 Å². The smallest absolute Gasteiger partial charge is 0.269 e. The normalized spacial score (nSPS) is 10.0. The number of anilines is 1. The maximum atomic E-state index is 12.1. The number of ether oxygens (including phenoxy) is 1. The van der Waals surface area contributed by atoms with Gasteiger partial charge in [-0.25, -0.2) is 0 Å². The summed E-state index contributed by atoms with van der Waals surface area (Å²) in [6.07, 6.45) is 0. The minimum Gasteiger partial charge on any atom is -0.495 e. The quantitative estimate of drug-likeness (QED) is 0.674. The molecule has 0 unspecified atom stereocenters. The minimum absolute atomic E-state index is 0.0633. The number of nitrogens with zero attached hydrogens (tertiary/aromatic N) is 1. The lowest BCUT2D eigenvalue weighted by molar-refractivity contribution is -0.384. The van der Waals surface area contributed by atoms with E-state index in [2.05, 4.69) is 21.2 Å². The third-order valence-electron chi connectivity index (χ3n) is 2.75. The molecule has 0 heterocycles. The Bertz CT molecular complexity index is 686. The van der Waals surface area contributed by atoms with Gasteiger partial charge in [-0.15, -0.1) is 0 Å². The Balaban J connectivity index is 2.21. The van der Waals surface area contributed by atoms with Gasteiger partial charge in [-0.1, -0.05) is 15.9 Å². The number of methoxy groups -OCH3 is 1. The third-order valence-corrected chi connectivity index (χ3v) is 3.24. The summed E-state index contributed by atoms with van der Waals surface area (Å²) in [5, 5.41) is 13.3. The number of nitro benzene ring substituents is 1. The van der Waals surface area contributed by atoms with Gasteiger partial charge in [0.2, 0.25) is 0 Å². The van der Waals surface area contributed by atoms with E-state index in [0.29, 0.717) is 17.0 Å². The lowest BCUT2D eigenvalue weighted by atomic mass is 10.2. The Morgan fingerprint density at radius 2 is 1.90 bits per heavy atom. The van der Waals surface area contributed by atoms with Crippen molar-refractivity contribution in [2.24, 2.45) is 0 Å². The van der Waals surface area contributed by atoms with Crippen molar-refractivity contribution in [2.75, 3.05) is 12.4 Å². The third kappa shape index (κ3) is 3.57. The Hall–Kier alpha value is -2.41. The van der Waals surface area contributed by atoms with Gasteiger partial charge < -0.3 is 10.1 Å². The van der Waals surface area contributed by atoms with Crippen LogP contribution in [-0.4, -0.2) is 17.9 Å². The molecule has 0 saturated heterocycles. The molecule has 0 radical (unpaired) electrons. The predicted molar refractivity (Wildman–Crippen MR) is 81.7 cm³/mol. The molecular weight excluding hydrogens is 340 g/mol.